The lowest BCUT2D eigenvalue weighted by molar-refractivity contribution is 0.953. The molecule has 1 atom stereocenters. The Labute approximate surface area is 70.8 Å². The van der Waals surface area contributed by atoms with E-state index in [1.807, 2.05) is 6.92 Å². The van der Waals surface area contributed by atoms with Gasteiger partial charge in [0.1, 0.15) is 0 Å². The zero-order valence-corrected chi connectivity index (χ0v) is 7.47. The number of alkyl halides is 2. The highest BCUT2D eigenvalue weighted by Gasteiger charge is 1.97. The van der Waals surface area contributed by atoms with Crippen LogP contribution in [-0.4, -0.2) is 11.3 Å². The van der Waals surface area contributed by atoms with Gasteiger partial charge in [0.05, 0.1) is 0 Å². The molecule has 0 N–H and O–H groups in total. The van der Waals surface area contributed by atoms with Gasteiger partial charge in [0.25, 0.3) is 0 Å². The van der Waals surface area contributed by atoms with E-state index in [0.717, 1.165) is 5.03 Å². The maximum atomic E-state index is 5.67. The highest BCUT2D eigenvalue weighted by Crippen LogP contribution is 2.13. The molecule has 0 spiro atoms. The molecule has 0 heterocycles. The van der Waals surface area contributed by atoms with Gasteiger partial charge in [-0.15, -0.1) is 23.2 Å². The lowest BCUT2D eigenvalue weighted by Gasteiger charge is -1.98. The van der Waals surface area contributed by atoms with Gasteiger partial charge in [0, 0.05) is 16.3 Å². The van der Waals surface area contributed by atoms with Crippen LogP contribution in [0.15, 0.2) is 11.1 Å². The lowest BCUT2D eigenvalue weighted by atomic mass is 10.3. The van der Waals surface area contributed by atoms with Crippen LogP contribution in [0.3, 0.4) is 0 Å². The molecule has 1 unspecified atom stereocenters. The van der Waals surface area contributed by atoms with Crippen LogP contribution in [0, 0.1) is 0 Å². The Morgan fingerprint density at radius 1 is 1.67 bits per heavy atom. The fourth-order valence-corrected chi connectivity index (χ4v) is 1.25. The van der Waals surface area contributed by atoms with Crippen molar-refractivity contribution in [1.29, 1.82) is 0 Å². The first-order valence-electron chi connectivity index (χ1n) is 2.71. The van der Waals surface area contributed by atoms with E-state index >= 15 is 0 Å². The van der Waals surface area contributed by atoms with Crippen molar-refractivity contribution in [2.45, 2.75) is 18.7 Å². The first kappa shape index (κ1) is 9.61. The first-order valence-corrected chi connectivity index (χ1v) is 4.06. The van der Waals surface area contributed by atoms with Gasteiger partial charge in [-0.3, -0.25) is 0 Å². The summed E-state index contributed by atoms with van der Waals surface area (Å²) in [5.41, 5.74) is 0. The Kier molecular flexibility index (Phi) is 5.77. The summed E-state index contributed by atoms with van der Waals surface area (Å²) in [6.07, 6.45) is 2.46. The molecule has 0 saturated heterocycles. The molecule has 54 valence electrons. The van der Waals surface area contributed by atoms with Crippen LogP contribution >= 0.6 is 34.8 Å². The Morgan fingerprint density at radius 3 is 2.56 bits per heavy atom. The normalized spacial score (nSPS) is 15.8. The molecule has 0 fully saturated rings. The van der Waals surface area contributed by atoms with Gasteiger partial charge in [-0.25, -0.2) is 0 Å². The SMILES string of the molecule is CC(Cl)C/C(Cl)=C/CCl. The fraction of sp³-hybridized carbons (Fsp3) is 0.667. The minimum Gasteiger partial charge on any atom is -0.123 e. The molecule has 0 aliphatic carbocycles. The van der Waals surface area contributed by atoms with Crippen LogP contribution < -0.4 is 0 Å². The zero-order valence-electron chi connectivity index (χ0n) is 5.20. The Morgan fingerprint density at radius 2 is 2.22 bits per heavy atom. The fourth-order valence-electron chi connectivity index (χ4n) is 0.436. The summed E-state index contributed by atoms with van der Waals surface area (Å²) < 4.78 is 0. The third kappa shape index (κ3) is 6.50. The van der Waals surface area contributed by atoms with E-state index in [0.29, 0.717) is 12.3 Å². The molecular formula is C6H9Cl3. The number of hydrogen-bond acceptors (Lipinski definition) is 0. The van der Waals surface area contributed by atoms with E-state index in [1.165, 1.54) is 0 Å². The van der Waals surface area contributed by atoms with Gasteiger partial charge in [-0.1, -0.05) is 17.7 Å². The average molecular weight is 187 g/mol. The second kappa shape index (κ2) is 5.40. The molecule has 9 heavy (non-hydrogen) atoms. The van der Waals surface area contributed by atoms with Crippen molar-refractivity contribution in [1.82, 2.24) is 0 Å². The molecule has 3 heteroatoms. The summed E-state index contributed by atoms with van der Waals surface area (Å²) >= 11 is 16.7. The molecule has 0 aromatic rings. The largest absolute Gasteiger partial charge is 0.123 e. The topological polar surface area (TPSA) is 0 Å². The van der Waals surface area contributed by atoms with E-state index < -0.39 is 0 Å². The quantitative estimate of drug-likeness (QED) is 0.595. The van der Waals surface area contributed by atoms with Crippen LogP contribution in [0.25, 0.3) is 0 Å². The minimum atomic E-state index is 0.0944. The summed E-state index contributed by atoms with van der Waals surface area (Å²) in [4.78, 5) is 0. The van der Waals surface area contributed by atoms with E-state index in [9.17, 15) is 0 Å². The minimum absolute atomic E-state index is 0.0944. The average Bonchev–Trinajstić information content (AvgIpc) is 1.63. The van der Waals surface area contributed by atoms with Gasteiger partial charge in [-0.2, -0.15) is 0 Å². The molecular weight excluding hydrogens is 178 g/mol. The smallest absolute Gasteiger partial charge is 0.0418 e. The second-order valence-corrected chi connectivity index (χ2v) is 3.33. The highest BCUT2D eigenvalue weighted by atomic mass is 35.5. The standard InChI is InChI=1S/C6H9Cl3/c1-5(8)4-6(9)2-3-7/h2,5H,3-4H2,1H3/b6-2-. The zero-order chi connectivity index (χ0) is 7.28. The molecule has 0 amide bonds. The van der Waals surface area contributed by atoms with E-state index in [4.69, 9.17) is 34.8 Å². The molecule has 0 radical (unpaired) electrons. The lowest BCUT2D eigenvalue weighted by Crippen LogP contribution is -1.89. The molecule has 0 rings (SSSR count). The van der Waals surface area contributed by atoms with Crippen molar-refractivity contribution in [3.05, 3.63) is 11.1 Å². The van der Waals surface area contributed by atoms with Crippen molar-refractivity contribution >= 4 is 34.8 Å². The Bertz CT molecular complexity index is 96.5. The van der Waals surface area contributed by atoms with E-state index in [1.54, 1.807) is 6.08 Å². The molecule has 0 saturated carbocycles. The summed E-state index contributed by atoms with van der Waals surface area (Å²) in [6.45, 7) is 1.89. The van der Waals surface area contributed by atoms with Crippen molar-refractivity contribution < 1.29 is 0 Å². The van der Waals surface area contributed by atoms with Crippen LogP contribution in [0.1, 0.15) is 13.3 Å². The maximum Gasteiger partial charge on any atom is 0.0418 e. The summed E-state index contributed by atoms with van der Waals surface area (Å²) in [6, 6.07) is 0. The summed E-state index contributed by atoms with van der Waals surface area (Å²) in [5, 5.41) is 0.837. The molecule has 0 aromatic heterocycles. The van der Waals surface area contributed by atoms with Gasteiger partial charge in [0.15, 0.2) is 0 Å². The van der Waals surface area contributed by atoms with Gasteiger partial charge in [0.2, 0.25) is 0 Å². The van der Waals surface area contributed by atoms with E-state index in [-0.39, 0.29) is 5.38 Å². The van der Waals surface area contributed by atoms with Crippen LogP contribution in [0.2, 0.25) is 0 Å². The van der Waals surface area contributed by atoms with Crippen molar-refractivity contribution in [2.24, 2.45) is 0 Å². The monoisotopic (exact) mass is 186 g/mol. The number of hydrogen-bond donors (Lipinski definition) is 0. The van der Waals surface area contributed by atoms with Crippen molar-refractivity contribution in [2.75, 3.05) is 5.88 Å². The van der Waals surface area contributed by atoms with Gasteiger partial charge < -0.3 is 0 Å². The third-order valence-corrected chi connectivity index (χ3v) is 1.39. The van der Waals surface area contributed by atoms with Gasteiger partial charge >= 0.3 is 0 Å². The predicted octanol–water partition coefficient (Wildman–Crippen LogP) is 3.37. The Balaban J connectivity index is 3.49. The highest BCUT2D eigenvalue weighted by molar-refractivity contribution is 6.31. The van der Waals surface area contributed by atoms with Crippen molar-refractivity contribution in [3.8, 4) is 0 Å². The second-order valence-electron chi connectivity index (χ2n) is 1.79. The number of allylic oxidation sites excluding steroid dienone is 2. The van der Waals surface area contributed by atoms with Crippen LogP contribution in [0.4, 0.5) is 0 Å². The Hall–Kier alpha value is 0.610. The molecule has 0 bridgehead atoms. The molecule has 0 aromatic carbocycles. The van der Waals surface area contributed by atoms with Gasteiger partial charge in [-0.05, 0) is 13.3 Å². The maximum absolute atomic E-state index is 5.67. The number of halogens is 3. The third-order valence-electron chi connectivity index (χ3n) is 0.775. The van der Waals surface area contributed by atoms with Crippen molar-refractivity contribution in [3.63, 3.8) is 0 Å². The summed E-state index contributed by atoms with van der Waals surface area (Å²) in [7, 11) is 0. The molecule has 0 nitrogen and oxygen atoms in total. The number of rotatable bonds is 3. The van der Waals surface area contributed by atoms with Crippen LogP contribution in [0.5, 0.6) is 0 Å². The predicted molar refractivity (Wildman–Crippen MR) is 44.6 cm³/mol. The summed E-state index contributed by atoms with van der Waals surface area (Å²) in [5.74, 6) is 0.461. The van der Waals surface area contributed by atoms with E-state index in [2.05, 4.69) is 0 Å². The molecule has 0 aliphatic heterocycles. The van der Waals surface area contributed by atoms with Crippen LogP contribution in [-0.2, 0) is 0 Å². The first-order chi connectivity index (χ1) is 4.16. The molecule has 0 aliphatic rings.